The van der Waals surface area contributed by atoms with Gasteiger partial charge in [0.1, 0.15) is 42.7 Å². The highest BCUT2D eigenvalue weighted by atomic mass is 16.6. The van der Waals surface area contributed by atoms with E-state index in [1.54, 1.807) is 12.3 Å². The van der Waals surface area contributed by atoms with Crippen molar-refractivity contribution in [3.8, 4) is 0 Å². The smallest absolute Gasteiger partial charge is 0.351 e. The van der Waals surface area contributed by atoms with Gasteiger partial charge in [0.15, 0.2) is 17.7 Å². The lowest BCUT2D eigenvalue weighted by Gasteiger charge is -2.16. The number of nitrogens with zero attached hydrogens (tertiary/aromatic N) is 6. The molecule has 0 radical (unpaired) electrons. The first-order valence-corrected chi connectivity index (χ1v) is 9.95. The molecule has 0 unspecified atom stereocenters. The summed E-state index contributed by atoms with van der Waals surface area (Å²) in [7, 11) is 1.50. The van der Waals surface area contributed by atoms with E-state index in [-0.39, 0.29) is 12.5 Å². The minimum atomic E-state index is -1.17. The molecule has 0 saturated carbocycles. The predicted molar refractivity (Wildman–Crippen MR) is 113 cm³/mol. The number of aliphatic hydroxyl groups excluding tert-OH is 2. The van der Waals surface area contributed by atoms with Crippen molar-refractivity contribution in [3.63, 3.8) is 0 Å². The van der Waals surface area contributed by atoms with Gasteiger partial charge in [-0.15, -0.1) is 0 Å². The number of hydrogen-bond donors (Lipinski definition) is 5. The fourth-order valence-corrected chi connectivity index (χ4v) is 3.47. The molecular formula is C18H25N9O5. The van der Waals surface area contributed by atoms with Gasteiger partial charge in [0.2, 0.25) is 0 Å². The molecule has 0 aliphatic carbocycles. The van der Waals surface area contributed by atoms with E-state index in [2.05, 4.69) is 30.6 Å². The van der Waals surface area contributed by atoms with E-state index < -0.39 is 30.2 Å². The summed E-state index contributed by atoms with van der Waals surface area (Å²) in [5, 5.41) is 27.1. The molecule has 0 amide bonds. The molecule has 14 heteroatoms. The van der Waals surface area contributed by atoms with Crippen LogP contribution in [0.4, 0.5) is 11.6 Å². The number of imidazole rings is 1. The van der Waals surface area contributed by atoms with Crippen LogP contribution in [0.3, 0.4) is 0 Å². The second-order valence-electron chi connectivity index (χ2n) is 7.24. The maximum atomic E-state index is 11.8. The molecule has 1 aliphatic heterocycles. The second-order valence-corrected chi connectivity index (χ2v) is 7.24. The van der Waals surface area contributed by atoms with Crippen molar-refractivity contribution in [3.05, 3.63) is 35.4 Å². The van der Waals surface area contributed by atoms with Crippen LogP contribution in [0.1, 0.15) is 6.23 Å². The van der Waals surface area contributed by atoms with Gasteiger partial charge >= 0.3 is 5.69 Å². The molecule has 4 rings (SSSR count). The Morgan fingerprint density at radius 2 is 2.09 bits per heavy atom. The number of nitrogens with one attached hydrogen (secondary N) is 2. The zero-order chi connectivity index (χ0) is 22.7. The van der Waals surface area contributed by atoms with Crippen LogP contribution in [0.5, 0.6) is 0 Å². The minimum Gasteiger partial charge on any atom is -0.387 e. The fraction of sp³-hybridized carbons (Fsp3) is 0.500. The van der Waals surface area contributed by atoms with Gasteiger partial charge in [0.05, 0.1) is 6.33 Å². The first kappa shape index (κ1) is 22.0. The van der Waals surface area contributed by atoms with Crippen molar-refractivity contribution in [1.29, 1.82) is 0 Å². The van der Waals surface area contributed by atoms with E-state index in [0.29, 0.717) is 36.6 Å². The topological polar surface area (TPSA) is 187 Å². The van der Waals surface area contributed by atoms with Gasteiger partial charge in [0.25, 0.3) is 0 Å². The fourth-order valence-electron chi connectivity index (χ4n) is 3.47. The molecule has 0 spiro atoms. The number of nitrogens with two attached hydrogens (primary N) is 1. The predicted octanol–water partition coefficient (Wildman–Crippen LogP) is -2.11. The third kappa shape index (κ3) is 4.39. The summed E-state index contributed by atoms with van der Waals surface area (Å²) in [6.45, 7) is 1.42. The standard InChI is InChI=1S/C18H25N9O5/c1-31-9-26-5-2-11(25-18(26)30)21-4-3-20-6-10-13(28)14(29)17(32-10)27-8-24-12-15(19)22-7-23-16(12)27/h2,5,7-8,10,13-14,17,20,28-29H,3-4,6,9H2,1H3,(H2,19,22,23)(H,21,25,30)/t10-,13-,14-,17-/m1/s1. The Morgan fingerprint density at radius 1 is 1.25 bits per heavy atom. The molecule has 6 N–H and O–H groups in total. The average Bonchev–Trinajstić information content (AvgIpc) is 3.32. The second kappa shape index (κ2) is 9.54. The van der Waals surface area contributed by atoms with Crippen molar-refractivity contribution < 1.29 is 19.7 Å². The number of nitrogen functional groups attached to an aromatic ring is 1. The maximum Gasteiger partial charge on any atom is 0.351 e. The summed E-state index contributed by atoms with van der Waals surface area (Å²) in [6, 6.07) is 1.68. The maximum absolute atomic E-state index is 11.8. The quantitative estimate of drug-likeness (QED) is 0.225. The SMILES string of the molecule is COCn1ccc(NCCNC[C@H]2O[C@@H](n3cnc4c(N)ncnc43)[C@H](O)[C@@H]2O)nc1=O. The molecule has 1 saturated heterocycles. The zero-order valence-corrected chi connectivity index (χ0v) is 17.3. The molecule has 4 atom stereocenters. The van der Waals surface area contributed by atoms with Gasteiger partial charge in [-0.1, -0.05) is 0 Å². The van der Waals surface area contributed by atoms with E-state index >= 15 is 0 Å². The van der Waals surface area contributed by atoms with E-state index in [9.17, 15) is 15.0 Å². The lowest BCUT2D eigenvalue weighted by atomic mass is 10.1. The van der Waals surface area contributed by atoms with Gasteiger partial charge in [-0.3, -0.25) is 9.13 Å². The summed E-state index contributed by atoms with van der Waals surface area (Å²) in [6.07, 6.45) is 0.553. The zero-order valence-electron chi connectivity index (χ0n) is 17.3. The highest BCUT2D eigenvalue weighted by Gasteiger charge is 2.44. The van der Waals surface area contributed by atoms with Crippen molar-refractivity contribution in [1.82, 2.24) is 34.4 Å². The first-order chi connectivity index (χ1) is 15.5. The molecule has 3 aromatic rings. The van der Waals surface area contributed by atoms with E-state index in [1.807, 2.05) is 0 Å². The third-order valence-electron chi connectivity index (χ3n) is 5.09. The summed E-state index contributed by atoms with van der Waals surface area (Å²) in [5.41, 5.74) is 6.19. The Balaban J connectivity index is 1.28. The number of methoxy groups -OCH3 is 1. The third-order valence-corrected chi connectivity index (χ3v) is 5.09. The molecule has 1 aliphatic rings. The Labute approximate surface area is 182 Å². The van der Waals surface area contributed by atoms with Crippen LogP contribution >= 0.6 is 0 Å². The molecule has 3 aromatic heterocycles. The van der Waals surface area contributed by atoms with Crippen LogP contribution in [0.2, 0.25) is 0 Å². The van der Waals surface area contributed by atoms with Crippen molar-refractivity contribution in [2.45, 2.75) is 31.3 Å². The number of fused-ring (bicyclic) bond motifs is 1. The van der Waals surface area contributed by atoms with Gasteiger partial charge in [-0.2, -0.15) is 4.98 Å². The summed E-state index contributed by atoms with van der Waals surface area (Å²) < 4.78 is 13.6. The van der Waals surface area contributed by atoms with Crippen molar-refractivity contribution in [2.75, 3.05) is 37.8 Å². The lowest BCUT2D eigenvalue weighted by molar-refractivity contribution is -0.0340. The highest BCUT2D eigenvalue weighted by Crippen LogP contribution is 2.31. The number of aliphatic hydroxyl groups is 2. The summed E-state index contributed by atoms with van der Waals surface area (Å²) in [5.74, 6) is 0.670. The van der Waals surface area contributed by atoms with Gasteiger partial charge in [-0.25, -0.2) is 19.7 Å². The highest BCUT2D eigenvalue weighted by molar-refractivity contribution is 5.81. The molecular weight excluding hydrogens is 422 g/mol. The Kier molecular flexibility index (Phi) is 6.57. The number of rotatable bonds is 9. The lowest BCUT2D eigenvalue weighted by Crippen LogP contribution is -2.39. The number of anilines is 2. The van der Waals surface area contributed by atoms with Crippen LogP contribution in [-0.4, -0.2) is 84.3 Å². The molecule has 0 aromatic carbocycles. The monoisotopic (exact) mass is 447 g/mol. The minimum absolute atomic E-state index is 0.138. The average molecular weight is 447 g/mol. The van der Waals surface area contributed by atoms with Crippen molar-refractivity contribution >= 4 is 22.8 Å². The van der Waals surface area contributed by atoms with Gasteiger partial charge in [-0.05, 0) is 6.07 Å². The number of hydrogen-bond acceptors (Lipinski definition) is 12. The molecule has 172 valence electrons. The van der Waals surface area contributed by atoms with Crippen molar-refractivity contribution in [2.24, 2.45) is 0 Å². The van der Waals surface area contributed by atoms with Crippen LogP contribution in [0, 0.1) is 0 Å². The van der Waals surface area contributed by atoms with E-state index in [4.69, 9.17) is 15.2 Å². The Bertz CT molecular complexity index is 1120. The Hall–Kier alpha value is -3.17. The summed E-state index contributed by atoms with van der Waals surface area (Å²) >= 11 is 0. The molecule has 0 bridgehead atoms. The van der Waals surface area contributed by atoms with Gasteiger partial charge in [0, 0.05) is 32.9 Å². The van der Waals surface area contributed by atoms with Crippen LogP contribution < -0.4 is 22.1 Å². The van der Waals surface area contributed by atoms with E-state index in [0.717, 1.165) is 0 Å². The van der Waals surface area contributed by atoms with Crippen LogP contribution in [0.25, 0.3) is 11.2 Å². The largest absolute Gasteiger partial charge is 0.387 e. The first-order valence-electron chi connectivity index (χ1n) is 9.95. The van der Waals surface area contributed by atoms with Crippen LogP contribution in [0.15, 0.2) is 29.7 Å². The van der Waals surface area contributed by atoms with Gasteiger partial charge < -0.3 is 36.1 Å². The summed E-state index contributed by atoms with van der Waals surface area (Å²) in [4.78, 5) is 27.9. The number of aromatic nitrogens is 6. The molecule has 1 fully saturated rings. The number of ether oxygens (including phenoxy) is 2. The van der Waals surface area contributed by atoms with Crippen LogP contribution in [-0.2, 0) is 16.2 Å². The Morgan fingerprint density at radius 3 is 2.88 bits per heavy atom. The molecule has 4 heterocycles. The normalized spacial score (nSPS) is 23.1. The molecule has 32 heavy (non-hydrogen) atoms. The van der Waals surface area contributed by atoms with E-state index in [1.165, 1.54) is 28.9 Å². The molecule has 14 nitrogen and oxygen atoms in total.